The van der Waals surface area contributed by atoms with Crippen LogP contribution in [0.5, 0.6) is 23.0 Å². The van der Waals surface area contributed by atoms with E-state index in [1.807, 2.05) is 36.4 Å². The summed E-state index contributed by atoms with van der Waals surface area (Å²) in [4.78, 5) is 58.9. The van der Waals surface area contributed by atoms with Crippen LogP contribution >= 0.6 is 0 Å². The first-order valence-corrected chi connectivity index (χ1v) is 25.5. The summed E-state index contributed by atoms with van der Waals surface area (Å²) in [5, 5.41) is 27.3. The number of piperidine rings is 2. The summed E-state index contributed by atoms with van der Waals surface area (Å²) in [5.41, 5.74) is 2.10. The van der Waals surface area contributed by atoms with E-state index in [9.17, 15) is 29.4 Å². The third kappa shape index (κ3) is 5.86. The molecule has 352 valence electrons. The zero-order valence-electron chi connectivity index (χ0n) is 38.4. The molecule has 4 aromatic carbocycles. The van der Waals surface area contributed by atoms with Crippen LogP contribution in [-0.2, 0) is 55.7 Å². The molecule has 14 rings (SSSR count). The van der Waals surface area contributed by atoms with E-state index < -0.39 is 46.2 Å². The number of Topliss-reactive ketones (excluding diaryl/α,β-unsaturated/α-hetero) is 2. The van der Waals surface area contributed by atoms with Gasteiger partial charge in [-0.3, -0.25) is 29.0 Å². The third-order valence-corrected chi connectivity index (χ3v) is 18.7. The van der Waals surface area contributed by atoms with E-state index in [-0.39, 0.29) is 49.3 Å². The zero-order chi connectivity index (χ0) is 45.9. The van der Waals surface area contributed by atoms with Crippen LogP contribution in [0.1, 0.15) is 110 Å². The molecule has 0 unspecified atom stereocenters. The van der Waals surface area contributed by atoms with Crippen molar-refractivity contribution in [3.8, 4) is 23.0 Å². The monoisotopic (exact) mass is 918 g/mol. The maximum Gasteiger partial charge on any atom is 0.311 e. The van der Waals surface area contributed by atoms with E-state index in [4.69, 9.17) is 18.9 Å². The van der Waals surface area contributed by atoms with Crippen molar-refractivity contribution in [2.24, 2.45) is 11.8 Å². The fraction of sp³-hybridized carbons (Fsp3) is 0.536. The average Bonchev–Trinajstić information content (AvgIpc) is 4.26. The van der Waals surface area contributed by atoms with E-state index in [1.54, 1.807) is 12.1 Å². The number of carbonyl (C=O) groups is 4. The number of fused-ring (bicyclic) bond motifs is 1. The minimum absolute atomic E-state index is 0.0146. The van der Waals surface area contributed by atoms with Crippen LogP contribution in [0, 0.1) is 11.8 Å². The summed E-state index contributed by atoms with van der Waals surface area (Å²) in [7, 11) is 0. The molecule has 68 heavy (non-hydrogen) atoms. The number of aryl methyl sites for hydroxylation is 2. The van der Waals surface area contributed by atoms with Crippen molar-refractivity contribution < 1.29 is 48.3 Å². The second-order valence-electron chi connectivity index (χ2n) is 22.4. The molecule has 2 N–H and O–H groups in total. The third-order valence-electron chi connectivity index (χ3n) is 18.7. The second kappa shape index (κ2) is 14.7. The number of ketones is 2. The van der Waals surface area contributed by atoms with E-state index in [0.29, 0.717) is 86.2 Å². The Bertz CT molecular complexity index is 2700. The van der Waals surface area contributed by atoms with Crippen molar-refractivity contribution in [1.29, 1.82) is 0 Å². The standard InChI is InChI=1S/C56H58N2O10/c59-39-17-19-55(63)43-27-37-11-13-41(49-47(37)53(55,51(39)67-49)21-23-57(43)29-33-1-2-33)65-45(61)15-7-31-5-9-36-26-32(6-10-35(36)25-31)8-16-46(62)66-42-14-12-38-28-44-56(64)20-18-40(60)52-54(56,48(38)50(42)68-52)22-24-58(44)30-34-3-4-34/h5-6,9-14,25-26,33-34,43-44,51-52,63-64H,1-4,7-8,15-24,27-30H2/t43-,44-,51+,52+,53+,54+,55-,56-/m1/s1. The van der Waals surface area contributed by atoms with Crippen molar-refractivity contribution in [1.82, 2.24) is 9.80 Å². The van der Waals surface area contributed by atoms with Crippen LogP contribution in [-0.4, -0.2) is 105 Å². The number of hydrogen-bond acceptors (Lipinski definition) is 12. The molecule has 0 aromatic heterocycles. The topological polar surface area (TPSA) is 152 Å². The van der Waals surface area contributed by atoms with Gasteiger partial charge in [0.2, 0.25) is 0 Å². The van der Waals surface area contributed by atoms with Gasteiger partial charge >= 0.3 is 11.9 Å². The molecule has 10 aliphatic rings. The van der Waals surface area contributed by atoms with Crippen LogP contribution in [0.15, 0.2) is 60.7 Å². The molecular formula is C56H58N2O10. The van der Waals surface area contributed by atoms with Crippen molar-refractivity contribution in [2.75, 3.05) is 26.2 Å². The number of nitrogens with zero attached hydrogens (tertiary/aromatic N) is 2. The molecule has 4 bridgehead atoms. The predicted molar refractivity (Wildman–Crippen MR) is 248 cm³/mol. The summed E-state index contributed by atoms with van der Waals surface area (Å²) in [6.45, 7) is 3.61. The summed E-state index contributed by atoms with van der Waals surface area (Å²) in [5.74, 6) is 2.18. The Kier molecular flexibility index (Phi) is 9.03. The quantitative estimate of drug-likeness (QED) is 0.123. The van der Waals surface area contributed by atoms with Gasteiger partial charge in [0.25, 0.3) is 0 Å². The highest BCUT2D eigenvalue weighted by Crippen LogP contribution is 2.67. The van der Waals surface area contributed by atoms with Gasteiger partial charge in [-0.25, -0.2) is 0 Å². The number of aliphatic hydroxyl groups is 2. The largest absolute Gasteiger partial charge is 0.477 e. The fourth-order valence-electron chi connectivity index (χ4n) is 15.2. The number of ether oxygens (including phenoxy) is 4. The normalized spacial score (nSPS) is 33.7. The van der Waals surface area contributed by atoms with Gasteiger partial charge in [-0.2, -0.15) is 0 Å². The summed E-state index contributed by atoms with van der Waals surface area (Å²) in [6.07, 6.45) is 8.72. The van der Waals surface area contributed by atoms with E-state index >= 15 is 0 Å². The molecule has 0 amide bonds. The number of likely N-dealkylation sites (tertiary alicyclic amines) is 2. The van der Waals surface area contributed by atoms with Crippen molar-refractivity contribution in [2.45, 2.75) is 149 Å². The number of hydrogen-bond donors (Lipinski definition) is 2. The Hall–Kier alpha value is -5.14. The van der Waals surface area contributed by atoms with E-state index in [2.05, 4.69) is 21.9 Å². The number of esters is 2. The molecule has 6 fully saturated rings. The highest BCUT2D eigenvalue weighted by atomic mass is 16.6. The summed E-state index contributed by atoms with van der Waals surface area (Å²) >= 11 is 0. The van der Waals surface area contributed by atoms with Crippen LogP contribution in [0.2, 0.25) is 0 Å². The van der Waals surface area contributed by atoms with Gasteiger partial charge in [-0.15, -0.1) is 0 Å². The van der Waals surface area contributed by atoms with Crippen LogP contribution in [0.3, 0.4) is 0 Å². The molecule has 4 aromatic rings. The average molecular weight is 919 g/mol. The minimum atomic E-state index is -1.08. The molecule has 4 aliphatic heterocycles. The summed E-state index contributed by atoms with van der Waals surface area (Å²) in [6, 6.07) is 19.8. The Morgan fingerprint density at radius 3 is 1.47 bits per heavy atom. The van der Waals surface area contributed by atoms with Crippen LogP contribution in [0.25, 0.3) is 10.8 Å². The molecule has 12 heteroatoms. The lowest BCUT2D eigenvalue weighted by Gasteiger charge is -2.62. The van der Waals surface area contributed by atoms with Gasteiger partial charge in [0, 0.05) is 62.0 Å². The second-order valence-corrected chi connectivity index (χ2v) is 22.4. The van der Waals surface area contributed by atoms with Crippen LogP contribution < -0.4 is 18.9 Å². The number of benzene rings is 4. The molecule has 2 saturated heterocycles. The first kappa shape index (κ1) is 41.8. The molecule has 6 aliphatic carbocycles. The number of rotatable bonds is 12. The molecule has 0 radical (unpaired) electrons. The number of carbonyl (C=O) groups excluding carboxylic acids is 4. The Morgan fingerprint density at radius 2 is 1.04 bits per heavy atom. The molecule has 8 atom stereocenters. The predicted octanol–water partition coefficient (Wildman–Crippen LogP) is 6.18. The van der Waals surface area contributed by atoms with E-state index in [1.165, 1.54) is 25.7 Å². The van der Waals surface area contributed by atoms with Crippen molar-refractivity contribution in [3.63, 3.8) is 0 Å². The maximum absolute atomic E-state index is 13.5. The lowest BCUT2D eigenvalue weighted by atomic mass is 9.49. The molecule has 4 saturated carbocycles. The maximum atomic E-state index is 13.5. The molecule has 4 heterocycles. The highest BCUT2D eigenvalue weighted by molar-refractivity contribution is 5.91. The van der Waals surface area contributed by atoms with Gasteiger partial charge in [0.05, 0.1) is 22.0 Å². The Labute approximate surface area is 395 Å². The molecule has 12 nitrogen and oxygen atoms in total. The lowest BCUT2D eigenvalue weighted by Crippen LogP contribution is -2.76. The van der Waals surface area contributed by atoms with Gasteiger partial charge in [0.1, 0.15) is 0 Å². The molecular weight excluding hydrogens is 861 g/mol. The SMILES string of the molecule is O=C(CCc1ccc2cc(CCC(=O)Oc3ccc4c5c3O[C@H]3C(=O)CC[C@@]6(O)[C@@H](C4)N(CC4CC4)CC[C@]536)ccc2c1)Oc1ccc2c3c1O[C@H]1C(=O)CC[C@@]4(O)[C@@H](C2)N(CC2CC2)CC[C@]314. The molecule has 2 spiro atoms. The smallest absolute Gasteiger partial charge is 0.311 e. The van der Waals surface area contributed by atoms with Gasteiger partial charge in [-0.1, -0.05) is 48.5 Å². The van der Waals surface area contributed by atoms with Crippen molar-refractivity contribution >= 4 is 34.3 Å². The van der Waals surface area contributed by atoms with Gasteiger partial charge in [-0.05, 0) is 147 Å². The Balaban J connectivity index is 0.631. The zero-order valence-corrected chi connectivity index (χ0v) is 38.4. The fourth-order valence-corrected chi connectivity index (χ4v) is 15.2. The first-order chi connectivity index (χ1) is 33.0. The first-order valence-electron chi connectivity index (χ1n) is 25.5. The van der Waals surface area contributed by atoms with Crippen molar-refractivity contribution in [3.05, 3.63) is 94.0 Å². The highest BCUT2D eigenvalue weighted by Gasteiger charge is 2.75. The lowest BCUT2D eigenvalue weighted by molar-refractivity contribution is -0.188. The van der Waals surface area contributed by atoms with Gasteiger partial charge in [0.15, 0.2) is 46.8 Å². The van der Waals surface area contributed by atoms with E-state index in [0.717, 1.165) is 70.3 Å². The summed E-state index contributed by atoms with van der Waals surface area (Å²) < 4.78 is 25.1. The Morgan fingerprint density at radius 1 is 0.603 bits per heavy atom. The minimum Gasteiger partial charge on any atom is -0.477 e. The van der Waals surface area contributed by atoms with Crippen LogP contribution in [0.4, 0.5) is 0 Å². The van der Waals surface area contributed by atoms with Gasteiger partial charge < -0.3 is 29.2 Å².